The summed E-state index contributed by atoms with van der Waals surface area (Å²) in [5, 5.41) is 3.13. The summed E-state index contributed by atoms with van der Waals surface area (Å²) in [6, 6.07) is 7.89. The van der Waals surface area contributed by atoms with Gasteiger partial charge in [-0.15, -0.1) is 11.6 Å². The molecule has 0 bridgehead atoms. The monoisotopic (exact) mass is 281 g/mol. The molecule has 1 aliphatic heterocycles. The van der Waals surface area contributed by atoms with Crippen LogP contribution in [0.1, 0.15) is 25.3 Å². The van der Waals surface area contributed by atoms with E-state index >= 15 is 0 Å². The van der Waals surface area contributed by atoms with Gasteiger partial charge in [0, 0.05) is 11.9 Å². The normalized spacial score (nSPS) is 19.2. The van der Waals surface area contributed by atoms with Gasteiger partial charge in [-0.2, -0.15) is 0 Å². The number of hydrogen-bond acceptors (Lipinski definition) is 2. The maximum atomic E-state index is 12.0. The fraction of sp³-hybridized carbons (Fsp3) is 0.533. The first kappa shape index (κ1) is 14.2. The maximum Gasteiger partial charge on any atom is 0.226 e. The number of hydrogen-bond donors (Lipinski definition) is 1. The number of ether oxygens (including phenoxy) is 1. The Morgan fingerprint density at radius 3 is 3.11 bits per heavy atom. The van der Waals surface area contributed by atoms with Gasteiger partial charge in [-0.1, -0.05) is 18.2 Å². The molecule has 1 N–H and O–H groups in total. The molecule has 0 fully saturated rings. The summed E-state index contributed by atoms with van der Waals surface area (Å²) in [6.07, 6.45) is 2.60. The lowest BCUT2D eigenvalue weighted by atomic mass is 9.96. The number of alkyl halides is 1. The summed E-state index contributed by atoms with van der Waals surface area (Å²) in [5.41, 5.74) is 1.11. The first-order valence-corrected chi connectivity index (χ1v) is 7.23. The second-order valence-corrected chi connectivity index (χ2v) is 5.78. The molecule has 19 heavy (non-hydrogen) atoms. The molecule has 0 saturated heterocycles. The van der Waals surface area contributed by atoms with Crippen LogP contribution in [0.5, 0.6) is 5.75 Å². The van der Waals surface area contributed by atoms with Gasteiger partial charge in [0.2, 0.25) is 5.91 Å². The van der Waals surface area contributed by atoms with Crippen molar-refractivity contribution in [3.8, 4) is 5.75 Å². The highest BCUT2D eigenvalue weighted by Crippen LogP contribution is 2.26. The van der Waals surface area contributed by atoms with Crippen LogP contribution >= 0.6 is 11.6 Å². The Hall–Kier alpha value is -1.22. The fourth-order valence-corrected chi connectivity index (χ4v) is 2.39. The Morgan fingerprint density at radius 2 is 2.32 bits per heavy atom. The van der Waals surface area contributed by atoms with Crippen LogP contribution in [0.4, 0.5) is 0 Å². The Bertz CT molecular complexity index is 434. The number of fused-ring (bicyclic) bond motifs is 1. The van der Waals surface area contributed by atoms with Crippen molar-refractivity contribution in [2.75, 3.05) is 13.2 Å². The molecule has 1 amide bonds. The number of amides is 1. The molecule has 2 atom stereocenters. The summed E-state index contributed by atoms with van der Waals surface area (Å²) < 4.78 is 5.62. The summed E-state index contributed by atoms with van der Waals surface area (Å²) in [4.78, 5) is 12.0. The zero-order valence-electron chi connectivity index (χ0n) is 11.2. The van der Waals surface area contributed by atoms with Crippen LogP contribution in [0.3, 0.4) is 0 Å². The summed E-state index contributed by atoms with van der Waals surface area (Å²) in [5.74, 6) is 0.905. The molecule has 1 aromatic carbocycles. The van der Waals surface area contributed by atoms with Crippen LogP contribution < -0.4 is 10.1 Å². The van der Waals surface area contributed by atoms with Gasteiger partial charge >= 0.3 is 0 Å². The van der Waals surface area contributed by atoms with Crippen molar-refractivity contribution in [3.05, 3.63) is 29.8 Å². The van der Waals surface area contributed by atoms with Crippen LogP contribution in [0.2, 0.25) is 0 Å². The minimum atomic E-state index is -0.0803. The predicted molar refractivity (Wildman–Crippen MR) is 76.7 cm³/mol. The van der Waals surface area contributed by atoms with Crippen molar-refractivity contribution in [2.24, 2.45) is 5.92 Å². The molecule has 4 heteroatoms. The van der Waals surface area contributed by atoms with Gasteiger partial charge in [0.25, 0.3) is 0 Å². The van der Waals surface area contributed by atoms with Gasteiger partial charge in [-0.25, -0.2) is 0 Å². The SMILES string of the molecule is CC(Cl)CCCNC(=O)C1COc2ccccc2C1. The Balaban J connectivity index is 1.79. The third kappa shape index (κ3) is 4.13. The van der Waals surface area contributed by atoms with E-state index in [1.54, 1.807) is 0 Å². The number of rotatable bonds is 5. The Labute approximate surface area is 119 Å². The lowest BCUT2D eigenvalue weighted by molar-refractivity contribution is -0.126. The molecule has 1 heterocycles. The van der Waals surface area contributed by atoms with E-state index < -0.39 is 0 Å². The van der Waals surface area contributed by atoms with Crippen LogP contribution in [0.25, 0.3) is 0 Å². The third-order valence-corrected chi connectivity index (χ3v) is 3.55. The highest BCUT2D eigenvalue weighted by Gasteiger charge is 2.25. The van der Waals surface area contributed by atoms with E-state index in [2.05, 4.69) is 5.32 Å². The molecular formula is C15H20ClNO2. The van der Waals surface area contributed by atoms with Crippen molar-refractivity contribution < 1.29 is 9.53 Å². The second-order valence-electron chi connectivity index (χ2n) is 5.03. The molecule has 2 rings (SSSR count). The molecule has 104 valence electrons. The van der Waals surface area contributed by atoms with Crippen LogP contribution in [0.15, 0.2) is 24.3 Å². The molecule has 1 aliphatic rings. The van der Waals surface area contributed by atoms with E-state index in [0.29, 0.717) is 13.2 Å². The summed E-state index contributed by atoms with van der Waals surface area (Å²) in [7, 11) is 0. The highest BCUT2D eigenvalue weighted by atomic mass is 35.5. The first-order valence-electron chi connectivity index (χ1n) is 6.79. The molecule has 2 unspecified atom stereocenters. The minimum absolute atomic E-state index is 0.0803. The Morgan fingerprint density at radius 1 is 1.53 bits per heavy atom. The van der Waals surface area contributed by atoms with Crippen LogP contribution in [-0.4, -0.2) is 24.4 Å². The molecule has 0 aliphatic carbocycles. The Kier molecular flexibility index (Phi) is 5.08. The van der Waals surface area contributed by atoms with Gasteiger partial charge in [0.1, 0.15) is 12.4 Å². The predicted octanol–water partition coefficient (Wildman–Crippen LogP) is 2.76. The number of carbonyl (C=O) groups is 1. The van der Waals surface area contributed by atoms with Gasteiger partial charge in [-0.05, 0) is 37.8 Å². The average Bonchev–Trinajstić information content (AvgIpc) is 2.42. The lowest BCUT2D eigenvalue weighted by Gasteiger charge is -2.24. The maximum absolute atomic E-state index is 12.0. The van der Waals surface area contributed by atoms with Gasteiger partial charge in [-0.3, -0.25) is 4.79 Å². The number of para-hydroxylation sites is 1. The summed E-state index contributed by atoms with van der Waals surface area (Å²) >= 11 is 5.87. The molecule has 1 aromatic rings. The molecule has 3 nitrogen and oxygen atoms in total. The molecule has 0 radical (unpaired) electrons. The van der Waals surface area contributed by atoms with Crippen molar-refractivity contribution in [1.82, 2.24) is 5.32 Å². The lowest BCUT2D eigenvalue weighted by Crippen LogP contribution is -2.37. The number of carbonyl (C=O) groups excluding carboxylic acids is 1. The topological polar surface area (TPSA) is 38.3 Å². The van der Waals surface area contributed by atoms with E-state index in [1.807, 2.05) is 31.2 Å². The quantitative estimate of drug-likeness (QED) is 0.666. The second kappa shape index (κ2) is 6.80. The zero-order valence-corrected chi connectivity index (χ0v) is 12.0. The molecule has 0 aromatic heterocycles. The van der Waals surface area contributed by atoms with Crippen molar-refractivity contribution in [2.45, 2.75) is 31.6 Å². The minimum Gasteiger partial charge on any atom is -0.492 e. The van der Waals surface area contributed by atoms with Crippen molar-refractivity contribution >= 4 is 17.5 Å². The van der Waals surface area contributed by atoms with Crippen molar-refractivity contribution in [3.63, 3.8) is 0 Å². The van der Waals surface area contributed by atoms with Crippen LogP contribution in [-0.2, 0) is 11.2 Å². The van der Waals surface area contributed by atoms with E-state index in [1.165, 1.54) is 0 Å². The number of nitrogens with one attached hydrogen (secondary N) is 1. The fourth-order valence-electron chi connectivity index (χ4n) is 2.24. The molecule has 0 saturated carbocycles. The first-order chi connectivity index (χ1) is 9.16. The van der Waals surface area contributed by atoms with Gasteiger partial charge in [0.05, 0.1) is 5.92 Å². The zero-order chi connectivity index (χ0) is 13.7. The average molecular weight is 282 g/mol. The van der Waals surface area contributed by atoms with Crippen LogP contribution in [0, 0.1) is 5.92 Å². The van der Waals surface area contributed by atoms with Gasteiger partial charge < -0.3 is 10.1 Å². The number of benzene rings is 1. The largest absolute Gasteiger partial charge is 0.492 e. The van der Waals surface area contributed by atoms with Gasteiger partial charge in [0.15, 0.2) is 0 Å². The molecule has 0 spiro atoms. The van der Waals surface area contributed by atoms with E-state index in [4.69, 9.17) is 16.3 Å². The smallest absolute Gasteiger partial charge is 0.226 e. The highest BCUT2D eigenvalue weighted by molar-refractivity contribution is 6.20. The van der Waals surface area contributed by atoms with E-state index in [-0.39, 0.29) is 17.2 Å². The van der Waals surface area contributed by atoms with Crippen molar-refractivity contribution in [1.29, 1.82) is 0 Å². The third-order valence-electron chi connectivity index (χ3n) is 3.33. The molecular weight excluding hydrogens is 262 g/mol. The summed E-state index contributed by atoms with van der Waals surface area (Å²) in [6.45, 7) is 3.12. The van der Waals surface area contributed by atoms with E-state index in [9.17, 15) is 4.79 Å². The number of halogens is 1. The van der Waals surface area contributed by atoms with E-state index in [0.717, 1.165) is 30.6 Å². The standard InChI is InChI=1S/C15H20ClNO2/c1-11(16)5-4-8-17-15(18)13-9-12-6-2-3-7-14(12)19-10-13/h2-3,6-7,11,13H,4-5,8-10H2,1H3,(H,17,18).